The van der Waals surface area contributed by atoms with Crippen molar-refractivity contribution in [2.24, 2.45) is 23.2 Å². The van der Waals surface area contributed by atoms with Crippen LogP contribution in [0.4, 0.5) is 0 Å². The van der Waals surface area contributed by atoms with Crippen molar-refractivity contribution in [3.05, 3.63) is 0 Å². The Kier molecular flexibility index (Phi) is 4.52. The van der Waals surface area contributed by atoms with E-state index in [0.717, 1.165) is 37.3 Å². The van der Waals surface area contributed by atoms with Gasteiger partial charge in [0.05, 0.1) is 0 Å². The Hall–Kier alpha value is -0.280. The predicted molar refractivity (Wildman–Crippen MR) is 86.5 cm³/mol. The largest absolute Gasteiger partial charge is 0.355 e. The molecule has 0 aromatic carbocycles. The summed E-state index contributed by atoms with van der Waals surface area (Å²) in [5, 5.41) is 6.65. The quantitative estimate of drug-likeness (QED) is 0.838. The van der Waals surface area contributed by atoms with Gasteiger partial charge >= 0.3 is 0 Å². The minimum Gasteiger partial charge on any atom is -0.355 e. The molecule has 5 aliphatic rings. The molecule has 3 nitrogen and oxygen atoms in total. The molecule has 4 heteroatoms. The van der Waals surface area contributed by atoms with Crippen molar-refractivity contribution in [2.75, 3.05) is 13.1 Å². The summed E-state index contributed by atoms with van der Waals surface area (Å²) >= 11 is 0. The predicted octanol–water partition coefficient (Wildman–Crippen LogP) is 2.88. The van der Waals surface area contributed by atoms with Crippen LogP contribution in [0.5, 0.6) is 0 Å². The first-order valence-electron chi connectivity index (χ1n) is 8.71. The molecule has 0 radical (unpaired) electrons. The van der Waals surface area contributed by atoms with E-state index < -0.39 is 0 Å². The van der Waals surface area contributed by atoms with Gasteiger partial charge in [-0.15, -0.1) is 12.4 Å². The van der Waals surface area contributed by atoms with Crippen LogP contribution in [0.25, 0.3) is 0 Å². The number of halogens is 1. The number of hydrogen-bond acceptors (Lipinski definition) is 2. The standard InChI is InChI=1S/C17H28N2O.ClH/c20-16(19-11-15-2-1-3-18-15)10-17-7-12-4-13(8-17)6-14(5-12)9-17;/h12-15,18H,1-11H2,(H,19,20);1H. The Morgan fingerprint density at radius 1 is 1.10 bits per heavy atom. The number of carbonyl (C=O) groups is 1. The van der Waals surface area contributed by atoms with E-state index in [9.17, 15) is 4.79 Å². The second-order valence-electron chi connectivity index (χ2n) is 8.19. The van der Waals surface area contributed by atoms with Crippen molar-refractivity contribution in [1.29, 1.82) is 0 Å². The summed E-state index contributed by atoms with van der Waals surface area (Å²) in [6.45, 7) is 1.96. The van der Waals surface area contributed by atoms with Crippen molar-refractivity contribution >= 4 is 18.3 Å². The molecular weight excluding hydrogens is 284 g/mol. The zero-order valence-corrected chi connectivity index (χ0v) is 13.7. The summed E-state index contributed by atoms with van der Waals surface area (Å²) in [5.74, 6) is 3.17. The van der Waals surface area contributed by atoms with E-state index >= 15 is 0 Å². The SMILES string of the molecule is Cl.O=C(CC12CC3CC(CC(C3)C1)C2)NCC1CCCN1. The lowest BCUT2D eigenvalue weighted by atomic mass is 9.49. The maximum absolute atomic E-state index is 12.3. The topological polar surface area (TPSA) is 41.1 Å². The van der Waals surface area contributed by atoms with E-state index in [1.54, 1.807) is 0 Å². The van der Waals surface area contributed by atoms with Crippen LogP contribution in [0.15, 0.2) is 0 Å². The summed E-state index contributed by atoms with van der Waals surface area (Å²) in [6.07, 6.45) is 11.7. The van der Waals surface area contributed by atoms with Crippen LogP contribution in [0.1, 0.15) is 57.8 Å². The fraction of sp³-hybridized carbons (Fsp3) is 0.941. The highest BCUT2D eigenvalue weighted by atomic mass is 35.5. The molecule has 5 fully saturated rings. The van der Waals surface area contributed by atoms with Crippen LogP contribution >= 0.6 is 12.4 Å². The third kappa shape index (κ3) is 3.24. The molecule has 1 amide bonds. The molecule has 1 atom stereocenters. The van der Waals surface area contributed by atoms with Gasteiger partial charge in [-0.05, 0) is 81.1 Å². The summed E-state index contributed by atoms with van der Waals surface area (Å²) in [7, 11) is 0. The number of hydrogen-bond donors (Lipinski definition) is 2. The van der Waals surface area contributed by atoms with Crippen LogP contribution < -0.4 is 10.6 Å². The lowest BCUT2D eigenvalue weighted by Crippen LogP contribution is -2.48. The molecule has 21 heavy (non-hydrogen) atoms. The number of carbonyl (C=O) groups excluding carboxylic acids is 1. The molecule has 120 valence electrons. The van der Waals surface area contributed by atoms with E-state index in [1.807, 2.05) is 0 Å². The number of amides is 1. The molecule has 1 saturated heterocycles. The number of nitrogens with one attached hydrogen (secondary N) is 2. The van der Waals surface area contributed by atoms with Crippen molar-refractivity contribution in [2.45, 2.75) is 63.8 Å². The van der Waals surface area contributed by atoms with Crippen LogP contribution in [0.2, 0.25) is 0 Å². The Morgan fingerprint density at radius 3 is 2.24 bits per heavy atom. The summed E-state index contributed by atoms with van der Waals surface area (Å²) < 4.78 is 0. The fourth-order valence-electron chi connectivity index (χ4n) is 6.08. The average Bonchev–Trinajstić information content (AvgIpc) is 2.87. The van der Waals surface area contributed by atoms with Crippen molar-refractivity contribution in [3.63, 3.8) is 0 Å². The Balaban J connectivity index is 0.00000132. The van der Waals surface area contributed by atoms with Gasteiger partial charge in [-0.3, -0.25) is 4.79 Å². The smallest absolute Gasteiger partial charge is 0.220 e. The molecule has 4 bridgehead atoms. The Bertz CT molecular complexity index is 357. The highest BCUT2D eigenvalue weighted by Crippen LogP contribution is 2.61. The maximum atomic E-state index is 12.3. The minimum absolute atomic E-state index is 0. The average molecular weight is 313 g/mol. The van der Waals surface area contributed by atoms with Crippen LogP contribution in [-0.2, 0) is 4.79 Å². The lowest BCUT2D eigenvalue weighted by molar-refractivity contribution is -0.129. The molecule has 1 heterocycles. The molecule has 0 spiro atoms. The molecule has 4 aliphatic carbocycles. The lowest BCUT2D eigenvalue weighted by Gasteiger charge is -2.56. The first-order valence-corrected chi connectivity index (χ1v) is 8.71. The maximum Gasteiger partial charge on any atom is 0.220 e. The molecule has 1 aliphatic heterocycles. The molecular formula is C17H29ClN2O. The van der Waals surface area contributed by atoms with Gasteiger partial charge in [-0.1, -0.05) is 0 Å². The normalized spacial score (nSPS) is 43.6. The van der Waals surface area contributed by atoms with Gasteiger partial charge in [0.15, 0.2) is 0 Å². The van der Waals surface area contributed by atoms with Crippen molar-refractivity contribution < 1.29 is 4.79 Å². The van der Waals surface area contributed by atoms with Crippen LogP contribution in [0, 0.1) is 23.2 Å². The zero-order valence-electron chi connectivity index (χ0n) is 12.9. The first-order chi connectivity index (χ1) is 9.71. The molecule has 4 saturated carbocycles. The highest BCUT2D eigenvalue weighted by molar-refractivity contribution is 5.85. The van der Waals surface area contributed by atoms with E-state index in [4.69, 9.17) is 0 Å². The van der Waals surface area contributed by atoms with Gasteiger partial charge in [-0.25, -0.2) is 0 Å². The van der Waals surface area contributed by atoms with Gasteiger partial charge in [0.1, 0.15) is 0 Å². The highest BCUT2D eigenvalue weighted by Gasteiger charge is 2.51. The van der Waals surface area contributed by atoms with Crippen molar-refractivity contribution in [3.8, 4) is 0 Å². The molecule has 2 N–H and O–H groups in total. The van der Waals surface area contributed by atoms with Gasteiger partial charge < -0.3 is 10.6 Å². The minimum atomic E-state index is 0. The second-order valence-corrected chi connectivity index (χ2v) is 8.19. The molecule has 0 aromatic rings. The monoisotopic (exact) mass is 312 g/mol. The van der Waals surface area contributed by atoms with Gasteiger partial charge in [0.25, 0.3) is 0 Å². The molecule has 0 aromatic heterocycles. The van der Waals surface area contributed by atoms with E-state index in [0.29, 0.717) is 17.4 Å². The van der Waals surface area contributed by atoms with Crippen molar-refractivity contribution in [1.82, 2.24) is 10.6 Å². The summed E-state index contributed by atoms with van der Waals surface area (Å²) in [4.78, 5) is 12.3. The van der Waals surface area contributed by atoms with E-state index in [-0.39, 0.29) is 12.4 Å². The first kappa shape index (κ1) is 15.6. The van der Waals surface area contributed by atoms with Crippen LogP contribution in [-0.4, -0.2) is 25.0 Å². The third-order valence-electron chi connectivity index (χ3n) is 6.41. The fourth-order valence-corrected chi connectivity index (χ4v) is 6.08. The summed E-state index contributed by atoms with van der Waals surface area (Å²) in [5.41, 5.74) is 0.391. The summed E-state index contributed by atoms with van der Waals surface area (Å²) in [6, 6.07) is 0.523. The molecule has 5 rings (SSSR count). The third-order valence-corrected chi connectivity index (χ3v) is 6.41. The van der Waals surface area contributed by atoms with E-state index in [2.05, 4.69) is 10.6 Å². The van der Waals surface area contributed by atoms with Gasteiger partial charge in [0.2, 0.25) is 5.91 Å². The second kappa shape index (κ2) is 6.08. The Morgan fingerprint density at radius 2 is 1.71 bits per heavy atom. The number of rotatable bonds is 4. The Labute approximate surface area is 134 Å². The zero-order chi connectivity index (χ0) is 13.6. The van der Waals surface area contributed by atoms with Gasteiger partial charge in [-0.2, -0.15) is 0 Å². The van der Waals surface area contributed by atoms with Gasteiger partial charge in [0, 0.05) is 19.0 Å². The van der Waals surface area contributed by atoms with Crippen LogP contribution in [0.3, 0.4) is 0 Å². The van der Waals surface area contributed by atoms with E-state index in [1.165, 1.54) is 51.4 Å². The molecule has 1 unspecified atom stereocenters.